The van der Waals surface area contributed by atoms with Gasteiger partial charge in [-0.05, 0) is 25.4 Å². The third-order valence-corrected chi connectivity index (χ3v) is 4.93. The fourth-order valence-electron chi connectivity index (χ4n) is 1.64. The molecule has 0 aliphatic rings. The highest BCUT2D eigenvalue weighted by Gasteiger charge is 2.22. The predicted molar refractivity (Wildman–Crippen MR) is 84.7 cm³/mol. The van der Waals surface area contributed by atoms with Crippen LogP contribution in [0.25, 0.3) is 0 Å². The molecule has 0 aliphatic heterocycles. The number of aromatic nitrogens is 2. The summed E-state index contributed by atoms with van der Waals surface area (Å²) in [6.45, 7) is 1.98. The summed E-state index contributed by atoms with van der Waals surface area (Å²) in [7, 11) is -3.40. The van der Waals surface area contributed by atoms with E-state index in [0.717, 1.165) is 5.69 Å². The molecule has 0 radical (unpaired) electrons. The van der Waals surface area contributed by atoms with Gasteiger partial charge in [-0.25, -0.2) is 18.1 Å². The molecule has 1 heterocycles. The van der Waals surface area contributed by atoms with Crippen LogP contribution in [0.2, 0.25) is 0 Å². The summed E-state index contributed by atoms with van der Waals surface area (Å²) >= 11 is 1.57. The first-order chi connectivity index (χ1) is 9.98. The molecule has 1 amide bonds. The van der Waals surface area contributed by atoms with Gasteiger partial charge in [0, 0.05) is 24.9 Å². The molecule has 0 bridgehead atoms. The van der Waals surface area contributed by atoms with Crippen LogP contribution in [0.15, 0.2) is 12.5 Å². The number of rotatable bonds is 10. The molecule has 7 nitrogen and oxygen atoms in total. The Hall–Kier alpha value is -1.06. The van der Waals surface area contributed by atoms with Crippen LogP contribution in [0.3, 0.4) is 0 Å². The lowest BCUT2D eigenvalue weighted by Crippen LogP contribution is -2.47. The molecule has 1 atom stereocenters. The normalized spacial score (nSPS) is 13.0. The Morgan fingerprint density at radius 3 is 2.86 bits per heavy atom. The number of hydrogen-bond acceptors (Lipinski definition) is 5. The number of nitrogens with one attached hydrogen (secondary N) is 3. The number of sulfonamides is 1. The van der Waals surface area contributed by atoms with Crippen molar-refractivity contribution in [1.82, 2.24) is 20.0 Å². The summed E-state index contributed by atoms with van der Waals surface area (Å²) in [4.78, 5) is 18.9. The van der Waals surface area contributed by atoms with E-state index < -0.39 is 16.1 Å². The Morgan fingerprint density at radius 1 is 1.52 bits per heavy atom. The summed E-state index contributed by atoms with van der Waals surface area (Å²) in [5.41, 5.74) is 0.921. The van der Waals surface area contributed by atoms with Crippen molar-refractivity contribution in [1.29, 1.82) is 0 Å². The van der Waals surface area contributed by atoms with Crippen LogP contribution in [-0.4, -0.2) is 54.6 Å². The zero-order chi connectivity index (χ0) is 15.7. The lowest BCUT2D eigenvalue weighted by molar-refractivity contribution is -0.122. The molecule has 1 unspecified atom stereocenters. The van der Waals surface area contributed by atoms with Gasteiger partial charge in [-0.2, -0.15) is 11.8 Å². The molecule has 0 saturated carbocycles. The van der Waals surface area contributed by atoms with Gasteiger partial charge in [-0.15, -0.1) is 0 Å². The van der Waals surface area contributed by atoms with Crippen LogP contribution in [0, 0.1) is 0 Å². The largest absolute Gasteiger partial charge is 0.354 e. The van der Waals surface area contributed by atoms with Gasteiger partial charge in [0.05, 0.1) is 12.1 Å². The van der Waals surface area contributed by atoms with E-state index in [1.165, 1.54) is 0 Å². The molecule has 1 aromatic heterocycles. The smallest absolute Gasteiger partial charge is 0.238 e. The zero-order valence-corrected chi connectivity index (χ0v) is 13.9. The molecular weight excluding hydrogens is 312 g/mol. The second kappa shape index (κ2) is 9.06. The number of aromatic amines is 1. The Bertz CT molecular complexity index is 517. The Morgan fingerprint density at radius 2 is 2.29 bits per heavy atom. The van der Waals surface area contributed by atoms with Gasteiger partial charge < -0.3 is 10.3 Å². The predicted octanol–water partition coefficient (Wildman–Crippen LogP) is 0.129. The Balaban J connectivity index is 2.49. The number of nitrogens with zero attached hydrogens (tertiary/aromatic N) is 1. The third kappa shape index (κ3) is 6.96. The molecule has 1 aromatic rings. The van der Waals surface area contributed by atoms with Crippen LogP contribution >= 0.6 is 11.8 Å². The summed E-state index contributed by atoms with van der Waals surface area (Å²) in [5, 5.41) is 2.75. The maximum atomic E-state index is 12.1. The van der Waals surface area contributed by atoms with E-state index in [-0.39, 0.29) is 11.7 Å². The number of hydrogen-bond donors (Lipinski definition) is 3. The van der Waals surface area contributed by atoms with Crippen molar-refractivity contribution >= 4 is 27.7 Å². The summed E-state index contributed by atoms with van der Waals surface area (Å²) in [6, 6.07) is -0.718. The van der Waals surface area contributed by atoms with Crippen molar-refractivity contribution in [3.05, 3.63) is 18.2 Å². The average Bonchev–Trinajstić information content (AvgIpc) is 2.96. The van der Waals surface area contributed by atoms with Gasteiger partial charge in [-0.3, -0.25) is 4.79 Å². The second-order valence-corrected chi connectivity index (χ2v) is 7.50. The minimum Gasteiger partial charge on any atom is -0.354 e. The number of carbonyl (C=O) groups is 1. The van der Waals surface area contributed by atoms with Crippen LogP contribution in [-0.2, 0) is 21.2 Å². The minimum absolute atomic E-state index is 0.0375. The van der Waals surface area contributed by atoms with Crippen LogP contribution in [0.4, 0.5) is 0 Å². The van der Waals surface area contributed by atoms with Crippen molar-refractivity contribution in [3.63, 3.8) is 0 Å². The fourth-order valence-corrected chi connectivity index (χ4v) is 2.94. The van der Waals surface area contributed by atoms with Crippen molar-refractivity contribution in [3.8, 4) is 0 Å². The summed E-state index contributed by atoms with van der Waals surface area (Å²) in [5.74, 6) is 0.385. The highest BCUT2D eigenvalue weighted by atomic mass is 32.2. The first-order valence-electron chi connectivity index (χ1n) is 6.72. The lowest BCUT2D eigenvalue weighted by atomic mass is 10.2. The third-order valence-electron chi connectivity index (χ3n) is 2.88. The monoisotopic (exact) mass is 334 g/mol. The van der Waals surface area contributed by atoms with E-state index >= 15 is 0 Å². The highest BCUT2D eigenvalue weighted by Crippen LogP contribution is 2.03. The van der Waals surface area contributed by atoms with Gasteiger partial charge >= 0.3 is 0 Å². The quantitative estimate of drug-likeness (QED) is 0.564. The van der Waals surface area contributed by atoms with Crippen molar-refractivity contribution in [2.75, 3.05) is 24.3 Å². The average molecular weight is 334 g/mol. The van der Waals surface area contributed by atoms with E-state index in [1.54, 1.807) is 31.2 Å². The van der Waals surface area contributed by atoms with Crippen molar-refractivity contribution in [2.45, 2.75) is 25.8 Å². The molecule has 1 rings (SSSR count). The van der Waals surface area contributed by atoms with E-state index in [9.17, 15) is 13.2 Å². The second-order valence-electron chi connectivity index (χ2n) is 4.47. The molecule has 0 aromatic carbocycles. The van der Waals surface area contributed by atoms with Crippen molar-refractivity contribution < 1.29 is 13.2 Å². The van der Waals surface area contributed by atoms with Crippen molar-refractivity contribution in [2.24, 2.45) is 0 Å². The number of H-pyrrole nitrogens is 1. The molecule has 0 saturated heterocycles. The molecule has 120 valence electrons. The van der Waals surface area contributed by atoms with Crippen LogP contribution in [0.5, 0.6) is 0 Å². The standard InChI is InChI=1S/C12H22N4O3S2/c1-3-21(18,19)16-11(5-7-20-2)12(17)14-6-4-10-8-13-9-15-10/h8-9,11,16H,3-7H2,1-2H3,(H,13,15)(H,14,17). The molecule has 3 N–H and O–H groups in total. The number of thioether (sulfide) groups is 1. The molecular formula is C12H22N4O3S2. The van der Waals surface area contributed by atoms with Gasteiger partial charge in [0.25, 0.3) is 0 Å². The van der Waals surface area contributed by atoms with Gasteiger partial charge in [0.2, 0.25) is 15.9 Å². The molecule has 0 spiro atoms. The maximum absolute atomic E-state index is 12.1. The van der Waals surface area contributed by atoms with Crippen LogP contribution in [0.1, 0.15) is 19.0 Å². The number of carbonyl (C=O) groups excluding carboxylic acids is 1. The van der Waals surface area contributed by atoms with Gasteiger partial charge in [-0.1, -0.05) is 0 Å². The lowest BCUT2D eigenvalue weighted by Gasteiger charge is -2.17. The first kappa shape index (κ1) is 18.0. The zero-order valence-electron chi connectivity index (χ0n) is 12.3. The number of amides is 1. The Labute approximate surface area is 129 Å². The molecule has 0 aliphatic carbocycles. The first-order valence-corrected chi connectivity index (χ1v) is 9.77. The molecule has 9 heteroatoms. The molecule has 0 fully saturated rings. The highest BCUT2D eigenvalue weighted by molar-refractivity contribution is 7.98. The minimum atomic E-state index is -3.40. The van der Waals surface area contributed by atoms with E-state index in [1.807, 2.05) is 6.26 Å². The van der Waals surface area contributed by atoms with E-state index in [2.05, 4.69) is 20.0 Å². The Kier molecular flexibility index (Phi) is 7.76. The topological polar surface area (TPSA) is 104 Å². The summed E-state index contributed by atoms with van der Waals surface area (Å²) < 4.78 is 25.7. The maximum Gasteiger partial charge on any atom is 0.238 e. The van der Waals surface area contributed by atoms with E-state index in [4.69, 9.17) is 0 Å². The van der Waals surface area contributed by atoms with Crippen LogP contribution < -0.4 is 10.0 Å². The van der Waals surface area contributed by atoms with Gasteiger partial charge in [0.15, 0.2) is 0 Å². The summed E-state index contributed by atoms with van der Waals surface area (Å²) in [6.07, 6.45) is 6.28. The van der Waals surface area contributed by atoms with E-state index in [0.29, 0.717) is 25.1 Å². The SMILES string of the molecule is CCS(=O)(=O)NC(CCSC)C(=O)NCCc1cnc[nH]1. The van der Waals surface area contributed by atoms with Gasteiger partial charge in [0.1, 0.15) is 6.04 Å². The number of imidazole rings is 1. The fraction of sp³-hybridized carbons (Fsp3) is 0.667. The molecule has 21 heavy (non-hydrogen) atoms.